The fraction of sp³-hybridized carbons (Fsp3) is 0.500. The summed E-state index contributed by atoms with van der Waals surface area (Å²) in [5, 5.41) is 16.8. The number of hydrogen-bond acceptors (Lipinski definition) is 4. The molecule has 1 unspecified atom stereocenters. The second-order valence-corrected chi connectivity index (χ2v) is 4.53. The van der Waals surface area contributed by atoms with Gasteiger partial charge < -0.3 is 10.6 Å². The van der Waals surface area contributed by atoms with Gasteiger partial charge in [0.25, 0.3) is 5.69 Å². The normalized spacial score (nSPS) is 19.8. The van der Waals surface area contributed by atoms with Crippen molar-refractivity contribution < 1.29 is 13.7 Å². The lowest BCUT2D eigenvalue weighted by Crippen LogP contribution is -2.23. The SMILES string of the molecule is O=[N+]([O-])c1ccc(F)c(F)c1NC1CCCNCC1. The van der Waals surface area contributed by atoms with Gasteiger partial charge in [-0.1, -0.05) is 0 Å². The molecule has 1 atom stereocenters. The van der Waals surface area contributed by atoms with E-state index in [9.17, 15) is 18.9 Å². The number of anilines is 1. The molecule has 1 aromatic carbocycles. The Morgan fingerprint density at radius 2 is 2.11 bits per heavy atom. The van der Waals surface area contributed by atoms with Crippen molar-refractivity contribution in [1.82, 2.24) is 5.32 Å². The first-order chi connectivity index (χ1) is 9.09. The minimum absolute atomic E-state index is 0.0926. The molecule has 0 radical (unpaired) electrons. The molecule has 1 heterocycles. The molecule has 0 amide bonds. The van der Waals surface area contributed by atoms with Crippen molar-refractivity contribution in [2.45, 2.75) is 25.3 Å². The second-order valence-electron chi connectivity index (χ2n) is 4.53. The van der Waals surface area contributed by atoms with Crippen molar-refractivity contribution in [3.63, 3.8) is 0 Å². The highest BCUT2D eigenvalue weighted by Crippen LogP contribution is 2.30. The summed E-state index contributed by atoms with van der Waals surface area (Å²) in [6.45, 7) is 1.62. The van der Waals surface area contributed by atoms with Gasteiger partial charge in [0.1, 0.15) is 0 Å². The summed E-state index contributed by atoms with van der Waals surface area (Å²) in [6, 6.07) is 1.66. The van der Waals surface area contributed by atoms with Crippen LogP contribution in [-0.2, 0) is 0 Å². The van der Waals surface area contributed by atoms with Gasteiger partial charge in [0.15, 0.2) is 17.3 Å². The Hall–Kier alpha value is -1.76. The Morgan fingerprint density at radius 1 is 1.32 bits per heavy atom. The molecule has 7 heteroatoms. The molecule has 2 rings (SSSR count). The van der Waals surface area contributed by atoms with Crippen LogP contribution in [0.25, 0.3) is 0 Å². The van der Waals surface area contributed by atoms with Crippen molar-refractivity contribution in [3.8, 4) is 0 Å². The largest absolute Gasteiger partial charge is 0.374 e. The van der Waals surface area contributed by atoms with Gasteiger partial charge in [-0.05, 0) is 38.4 Å². The second kappa shape index (κ2) is 5.92. The standard InChI is InChI=1S/C12H15F2N3O2/c13-9-3-4-10(17(18)19)12(11(9)14)16-8-2-1-6-15-7-5-8/h3-4,8,15-16H,1-2,5-7H2. The van der Waals surface area contributed by atoms with Crippen LogP contribution in [-0.4, -0.2) is 24.1 Å². The highest BCUT2D eigenvalue weighted by atomic mass is 19.2. The van der Waals surface area contributed by atoms with E-state index in [4.69, 9.17) is 0 Å². The van der Waals surface area contributed by atoms with Crippen LogP contribution in [0.2, 0.25) is 0 Å². The Balaban J connectivity index is 2.26. The Labute approximate surface area is 109 Å². The summed E-state index contributed by atoms with van der Waals surface area (Å²) in [5.74, 6) is -2.27. The number of nitrogens with zero attached hydrogens (tertiary/aromatic N) is 1. The topological polar surface area (TPSA) is 67.2 Å². The third-order valence-electron chi connectivity index (χ3n) is 3.19. The minimum atomic E-state index is -1.19. The van der Waals surface area contributed by atoms with E-state index in [1.165, 1.54) is 0 Å². The maximum absolute atomic E-state index is 13.7. The first-order valence-electron chi connectivity index (χ1n) is 6.19. The summed E-state index contributed by atoms with van der Waals surface area (Å²) in [6.07, 6.45) is 2.37. The third-order valence-corrected chi connectivity index (χ3v) is 3.19. The molecular weight excluding hydrogens is 256 g/mol. The summed E-state index contributed by atoms with van der Waals surface area (Å²) in [4.78, 5) is 10.2. The lowest BCUT2D eigenvalue weighted by molar-refractivity contribution is -0.384. The molecule has 0 aromatic heterocycles. The number of nitrogens with one attached hydrogen (secondary N) is 2. The molecule has 0 bridgehead atoms. The number of benzene rings is 1. The van der Waals surface area contributed by atoms with E-state index in [2.05, 4.69) is 10.6 Å². The zero-order valence-electron chi connectivity index (χ0n) is 10.3. The van der Waals surface area contributed by atoms with Crippen molar-refractivity contribution in [1.29, 1.82) is 0 Å². The molecule has 0 spiro atoms. The van der Waals surface area contributed by atoms with Gasteiger partial charge in [-0.25, -0.2) is 8.78 Å². The van der Waals surface area contributed by atoms with E-state index < -0.39 is 22.2 Å². The number of rotatable bonds is 3. The first kappa shape index (κ1) is 13.7. The minimum Gasteiger partial charge on any atom is -0.374 e. The highest BCUT2D eigenvalue weighted by molar-refractivity contribution is 5.63. The molecule has 1 fully saturated rings. The molecule has 0 saturated carbocycles. The summed E-state index contributed by atoms with van der Waals surface area (Å²) in [5.41, 5.74) is -0.784. The van der Waals surface area contributed by atoms with E-state index in [-0.39, 0.29) is 11.7 Å². The Bertz CT molecular complexity index is 474. The van der Waals surface area contributed by atoms with E-state index in [1.807, 2.05) is 0 Å². The van der Waals surface area contributed by atoms with Gasteiger partial charge in [-0.3, -0.25) is 10.1 Å². The monoisotopic (exact) mass is 271 g/mol. The maximum Gasteiger partial charge on any atom is 0.295 e. The summed E-state index contributed by atoms with van der Waals surface area (Å²) < 4.78 is 26.9. The van der Waals surface area contributed by atoms with E-state index in [0.717, 1.165) is 38.1 Å². The van der Waals surface area contributed by atoms with Gasteiger partial charge in [-0.15, -0.1) is 0 Å². The lowest BCUT2D eigenvalue weighted by atomic mass is 10.1. The molecule has 104 valence electrons. The third kappa shape index (κ3) is 3.17. The molecule has 1 aliphatic heterocycles. The fourth-order valence-corrected chi connectivity index (χ4v) is 2.20. The van der Waals surface area contributed by atoms with Gasteiger partial charge in [0.2, 0.25) is 0 Å². The van der Waals surface area contributed by atoms with Crippen LogP contribution in [0.15, 0.2) is 12.1 Å². The fourth-order valence-electron chi connectivity index (χ4n) is 2.20. The van der Waals surface area contributed by atoms with Gasteiger partial charge in [-0.2, -0.15) is 0 Å². The maximum atomic E-state index is 13.7. The quantitative estimate of drug-likeness (QED) is 0.654. The van der Waals surface area contributed by atoms with Crippen LogP contribution in [0.4, 0.5) is 20.2 Å². The lowest BCUT2D eigenvalue weighted by Gasteiger charge is -2.17. The summed E-state index contributed by atoms with van der Waals surface area (Å²) in [7, 11) is 0. The van der Waals surface area contributed by atoms with Crippen molar-refractivity contribution in [3.05, 3.63) is 33.9 Å². The average Bonchev–Trinajstić information content (AvgIpc) is 2.63. The number of nitro benzene ring substituents is 1. The molecule has 5 nitrogen and oxygen atoms in total. The predicted octanol–water partition coefficient (Wildman–Crippen LogP) is 2.43. The molecule has 0 aliphatic carbocycles. The molecule has 1 aromatic rings. The zero-order chi connectivity index (χ0) is 13.8. The van der Waals surface area contributed by atoms with Crippen molar-refractivity contribution in [2.75, 3.05) is 18.4 Å². The molecular formula is C12H15F2N3O2. The molecule has 1 saturated heterocycles. The van der Waals surface area contributed by atoms with Crippen LogP contribution in [0.5, 0.6) is 0 Å². The van der Waals surface area contributed by atoms with Gasteiger partial charge in [0, 0.05) is 12.1 Å². The Kier molecular flexibility index (Phi) is 4.26. The number of nitro groups is 1. The van der Waals surface area contributed by atoms with Gasteiger partial charge in [0.05, 0.1) is 4.92 Å². The van der Waals surface area contributed by atoms with E-state index in [0.29, 0.717) is 6.42 Å². The average molecular weight is 271 g/mol. The Morgan fingerprint density at radius 3 is 2.84 bits per heavy atom. The van der Waals surface area contributed by atoms with Crippen molar-refractivity contribution in [2.24, 2.45) is 0 Å². The summed E-state index contributed by atoms with van der Waals surface area (Å²) >= 11 is 0. The smallest absolute Gasteiger partial charge is 0.295 e. The number of halogens is 2. The van der Waals surface area contributed by atoms with Crippen LogP contribution in [0.3, 0.4) is 0 Å². The predicted molar refractivity (Wildman–Crippen MR) is 67.1 cm³/mol. The van der Waals surface area contributed by atoms with Crippen molar-refractivity contribution >= 4 is 11.4 Å². The van der Waals surface area contributed by atoms with Crippen LogP contribution >= 0.6 is 0 Å². The molecule has 2 N–H and O–H groups in total. The number of hydrogen-bond donors (Lipinski definition) is 2. The van der Waals surface area contributed by atoms with E-state index in [1.54, 1.807) is 0 Å². The van der Waals surface area contributed by atoms with Gasteiger partial charge >= 0.3 is 0 Å². The zero-order valence-corrected chi connectivity index (χ0v) is 10.3. The molecule has 1 aliphatic rings. The first-order valence-corrected chi connectivity index (χ1v) is 6.19. The van der Waals surface area contributed by atoms with E-state index >= 15 is 0 Å². The van der Waals surface area contributed by atoms with Crippen LogP contribution < -0.4 is 10.6 Å². The van der Waals surface area contributed by atoms with Crippen LogP contribution in [0.1, 0.15) is 19.3 Å². The molecule has 19 heavy (non-hydrogen) atoms. The highest BCUT2D eigenvalue weighted by Gasteiger charge is 2.24. The van der Waals surface area contributed by atoms with Crippen LogP contribution in [0, 0.1) is 21.7 Å².